The van der Waals surface area contributed by atoms with Gasteiger partial charge in [-0.1, -0.05) is 42.5 Å². The lowest BCUT2D eigenvalue weighted by Gasteiger charge is -2.21. The number of hydrogen-bond acceptors (Lipinski definition) is 4. The lowest BCUT2D eigenvalue weighted by Crippen LogP contribution is -2.26. The highest BCUT2D eigenvalue weighted by molar-refractivity contribution is 6.12. The Labute approximate surface area is 123 Å². The molecule has 0 saturated heterocycles. The number of para-hydroxylation sites is 1. The van der Waals surface area contributed by atoms with Crippen molar-refractivity contribution in [3.05, 3.63) is 65.2 Å². The smallest absolute Gasteiger partial charge is 0.195 e. The minimum Gasteiger partial charge on any atom is -0.550 e. The molecule has 108 valence electrons. The van der Waals surface area contributed by atoms with Gasteiger partial charge in [-0.2, -0.15) is 0 Å². The van der Waals surface area contributed by atoms with Crippen LogP contribution < -0.4 is 10.0 Å². The molecule has 0 fully saturated rings. The molecule has 0 aliphatic carbocycles. The van der Waals surface area contributed by atoms with Crippen molar-refractivity contribution in [3.63, 3.8) is 0 Å². The largest absolute Gasteiger partial charge is 0.550 e. The zero-order valence-electron chi connectivity index (χ0n) is 12.0. The molecule has 2 aromatic carbocycles. The highest BCUT2D eigenvalue weighted by Gasteiger charge is 2.17. The predicted octanol–water partition coefficient (Wildman–Crippen LogP) is 1.28. The Kier molecular flexibility index (Phi) is 4.38. The van der Waals surface area contributed by atoms with Crippen LogP contribution in [0.5, 0.6) is 0 Å². The zero-order valence-corrected chi connectivity index (χ0v) is 12.0. The number of ketones is 1. The van der Waals surface area contributed by atoms with Gasteiger partial charge in [0, 0.05) is 37.6 Å². The third-order valence-electron chi connectivity index (χ3n) is 3.18. The number of benzene rings is 2. The van der Waals surface area contributed by atoms with Crippen LogP contribution in [0.1, 0.15) is 21.5 Å². The van der Waals surface area contributed by atoms with Crippen molar-refractivity contribution in [2.24, 2.45) is 0 Å². The summed E-state index contributed by atoms with van der Waals surface area (Å²) in [6.07, 6.45) is -0.219. The van der Waals surface area contributed by atoms with E-state index in [2.05, 4.69) is 0 Å². The Morgan fingerprint density at radius 3 is 2.24 bits per heavy atom. The standard InChI is InChI=1S/C17H17NO3/c1-18(2)16-13(11-15(19)20)9-6-10-14(16)17(21)12-7-4-3-5-8-12/h3-10H,11H2,1-2H3,(H,19,20)/p-1. The highest BCUT2D eigenvalue weighted by atomic mass is 16.4. The van der Waals surface area contributed by atoms with Gasteiger partial charge >= 0.3 is 0 Å². The van der Waals surface area contributed by atoms with E-state index in [-0.39, 0.29) is 12.2 Å². The fraction of sp³-hybridized carbons (Fsp3) is 0.176. The maximum absolute atomic E-state index is 12.6. The summed E-state index contributed by atoms with van der Waals surface area (Å²) in [5.41, 5.74) is 2.26. The van der Waals surface area contributed by atoms with Crippen LogP contribution in [-0.2, 0) is 11.2 Å². The first-order valence-corrected chi connectivity index (χ1v) is 6.59. The summed E-state index contributed by atoms with van der Waals surface area (Å²) in [4.78, 5) is 25.3. The van der Waals surface area contributed by atoms with Gasteiger partial charge < -0.3 is 14.8 Å². The Bertz CT molecular complexity index is 663. The number of nitrogens with zero attached hydrogens (tertiary/aromatic N) is 1. The maximum atomic E-state index is 12.6. The van der Waals surface area contributed by atoms with Gasteiger partial charge in [-0.05, 0) is 11.6 Å². The van der Waals surface area contributed by atoms with E-state index in [1.54, 1.807) is 61.5 Å². The summed E-state index contributed by atoms with van der Waals surface area (Å²) in [6.45, 7) is 0. The number of carboxylic acid groups (broad SMARTS) is 1. The maximum Gasteiger partial charge on any atom is 0.195 e. The summed E-state index contributed by atoms with van der Waals surface area (Å²) in [5.74, 6) is -1.29. The molecule has 0 radical (unpaired) electrons. The van der Waals surface area contributed by atoms with E-state index in [0.29, 0.717) is 22.4 Å². The van der Waals surface area contributed by atoms with Crippen LogP contribution in [0.15, 0.2) is 48.5 Å². The molecule has 2 aromatic rings. The summed E-state index contributed by atoms with van der Waals surface area (Å²) in [6, 6.07) is 14.0. The second-order valence-electron chi connectivity index (χ2n) is 4.95. The molecule has 0 unspecified atom stereocenters. The topological polar surface area (TPSA) is 60.4 Å². The third-order valence-corrected chi connectivity index (χ3v) is 3.18. The number of aliphatic carboxylic acids is 1. The molecule has 21 heavy (non-hydrogen) atoms. The minimum absolute atomic E-state index is 0.125. The molecule has 4 nitrogen and oxygen atoms in total. The summed E-state index contributed by atoms with van der Waals surface area (Å²) in [5, 5.41) is 10.9. The first-order chi connectivity index (χ1) is 10.0. The quantitative estimate of drug-likeness (QED) is 0.775. The van der Waals surface area contributed by atoms with Crippen LogP contribution in [0.3, 0.4) is 0 Å². The molecular formula is C17H16NO3-. The van der Waals surface area contributed by atoms with Gasteiger partial charge in [0.1, 0.15) is 0 Å². The monoisotopic (exact) mass is 282 g/mol. The van der Waals surface area contributed by atoms with E-state index in [1.807, 2.05) is 6.07 Å². The van der Waals surface area contributed by atoms with Gasteiger partial charge in [0.2, 0.25) is 0 Å². The molecule has 0 aromatic heterocycles. The molecule has 0 atom stereocenters. The molecule has 0 heterocycles. The van der Waals surface area contributed by atoms with Crippen molar-refractivity contribution >= 4 is 17.4 Å². The Morgan fingerprint density at radius 1 is 1.00 bits per heavy atom. The van der Waals surface area contributed by atoms with Crippen LogP contribution in [-0.4, -0.2) is 25.8 Å². The fourth-order valence-electron chi connectivity index (χ4n) is 2.35. The number of carbonyl (C=O) groups is 2. The first kappa shape index (κ1) is 14.8. The van der Waals surface area contributed by atoms with Gasteiger partial charge in [-0.25, -0.2) is 0 Å². The lowest BCUT2D eigenvalue weighted by atomic mass is 9.97. The van der Waals surface area contributed by atoms with Crippen molar-refractivity contribution in [2.45, 2.75) is 6.42 Å². The molecular weight excluding hydrogens is 266 g/mol. The summed E-state index contributed by atoms with van der Waals surface area (Å²) in [7, 11) is 3.58. The van der Waals surface area contributed by atoms with Crippen molar-refractivity contribution in [1.29, 1.82) is 0 Å². The second-order valence-corrected chi connectivity index (χ2v) is 4.95. The van der Waals surface area contributed by atoms with Crippen LogP contribution in [0.2, 0.25) is 0 Å². The van der Waals surface area contributed by atoms with E-state index in [9.17, 15) is 14.7 Å². The SMILES string of the molecule is CN(C)c1c(CC(=O)[O-])cccc1C(=O)c1ccccc1. The molecule has 0 saturated carbocycles. The molecule has 0 aliphatic heterocycles. The van der Waals surface area contributed by atoms with Crippen molar-refractivity contribution in [1.82, 2.24) is 0 Å². The van der Waals surface area contributed by atoms with Gasteiger partial charge in [0.25, 0.3) is 0 Å². The minimum atomic E-state index is -1.16. The number of anilines is 1. The average molecular weight is 282 g/mol. The van der Waals surface area contributed by atoms with Crippen LogP contribution >= 0.6 is 0 Å². The van der Waals surface area contributed by atoms with Crippen LogP contribution in [0.25, 0.3) is 0 Å². The molecule has 0 bridgehead atoms. The van der Waals surface area contributed by atoms with Crippen molar-refractivity contribution < 1.29 is 14.7 Å². The molecule has 0 N–H and O–H groups in total. The predicted molar refractivity (Wildman–Crippen MR) is 79.4 cm³/mol. The molecule has 0 aliphatic rings. The third kappa shape index (κ3) is 3.28. The summed E-state index contributed by atoms with van der Waals surface area (Å²) < 4.78 is 0. The number of carboxylic acids is 1. The Balaban J connectivity index is 2.53. The molecule has 0 amide bonds. The van der Waals surface area contributed by atoms with E-state index < -0.39 is 5.97 Å². The van der Waals surface area contributed by atoms with E-state index in [1.165, 1.54) is 0 Å². The van der Waals surface area contributed by atoms with Gasteiger partial charge in [0.15, 0.2) is 5.78 Å². The Hall–Kier alpha value is -2.62. The molecule has 0 spiro atoms. The molecule has 4 heteroatoms. The van der Waals surface area contributed by atoms with E-state index in [4.69, 9.17) is 0 Å². The fourth-order valence-corrected chi connectivity index (χ4v) is 2.35. The number of hydrogen-bond donors (Lipinski definition) is 0. The zero-order chi connectivity index (χ0) is 15.4. The molecule has 2 rings (SSSR count). The lowest BCUT2D eigenvalue weighted by molar-refractivity contribution is -0.304. The van der Waals surface area contributed by atoms with Crippen LogP contribution in [0, 0.1) is 0 Å². The Morgan fingerprint density at radius 2 is 1.67 bits per heavy atom. The average Bonchev–Trinajstić information content (AvgIpc) is 2.46. The normalized spacial score (nSPS) is 10.2. The second kappa shape index (κ2) is 6.22. The van der Waals surface area contributed by atoms with Gasteiger partial charge in [-0.15, -0.1) is 0 Å². The van der Waals surface area contributed by atoms with Gasteiger partial charge in [0.05, 0.1) is 5.69 Å². The van der Waals surface area contributed by atoms with Crippen LogP contribution in [0.4, 0.5) is 5.69 Å². The van der Waals surface area contributed by atoms with E-state index in [0.717, 1.165) is 0 Å². The number of carbonyl (C=O) groups excluding carboxylic acids is 2. The van der Waals surface area contributed by atoms with Crippen molar-refractivity contribution in [3.8, 4) is 0 Å². The van der Waals surface area contributed by atoms with E-state index >= 15 is 0 Å². The highest BCUT2D eigenvalue weighted by Crippen LogP contribution is 2.26. The first-order valence-electron chi connectivity index (χ1n) is 6.59. The number of rotatable bonds is 5. The summed E-state index contributed by atoms with van der Waals surface area (Å²) >= 11 is 0. The van der Waals surface area contributed by atoms with Gasteiger partial charge in [-0.3, -0.25) is 4.79 Å². The van der Waals surface area contributed by atoms with Crippen molar-refractivity contribution in [2.75, 3.05) is 19.0 Å².